The zero-order valence-electron chi connectivity index (χ0n) is 15.1. The number of fused-ring (bicyclic) bond motifs is 1. The molecule has 0 saturated heterocycles. The number of rotatable bonds is 6. The van der Waals surface area contributed by atoms with Gasteiger partial charge in [-0.25, -0.2) is 8.42 Å². The maximum atomic E-state index is 12.7. The van der Waals surface area contributed by atoms with E-state index in [1.165, 1.54) is 24.3 Å². The van der Waals surface area contributed by atoms with Crippen molar-refractivity contribution in [2.75, 3.05) is 11.3 Å². The van der Waals surface area contributed by atoms with Crippen molar-refractivity contribution in [3.8, 4) is 0 Å². The third-order valence-corrected chi connectivity index (χ3v) is 5.36. The molecular formula is C20H21N3O3S. The van der Waals surface area contributed by atoms with Crippen molar-refractivity contribution in [3.05, 3.63) is 66.4 Å². The van der Waals surface area contributed by atoms with Crippen molar-refractivity contribution in [1.29, 1.82) is 0 Å². The van der Waals surface area contributed by atoms with Gasteiger partial charge in [0.2, 0.25) is 0 Å². The minimum absolute atomic E-state index is 0.0795. The Morgan fingerprint density at radius 2 is 1.74 bits per heavy atom. The van der Waals surface area contributed by atoms with Gasteiger partial charge in [-0.3, -0.25) is 14.5 Å². The van der Waals surface area contributed by atoms with Crippen molar-refractivity contribution in [2.45, 2.75) is 18.7 Å². The fraction of sp³-hybridized carbons (Fsp3) is 0.200. The standard InChI is InChI=1S/C20H21N3O3S/c1-14(2)13-22-20(24)16-8-10-17(11-9-16)27(25,26)23-18-7-3-5-15-6-4-12-21-19(15)18/h3-12,14,23H,13H2,1-2H3,(H,22,24). The van der Waals surface area contributed by atoms with Crippen LogP contribution >= 0.6 is 0 Å². The Hall–Kier alpha value is -2.93. The van der Waals surface area contributed by atoms with Gasteiger partial charge >= 0.3 is 0 Å². The van der Waals surface area contributed by atoms with Gasteiger partial charge in [0, 0.05) is 23.7 Å². The van der Waals surface area contributed by atoms with Crippen LogP contribution < -0.4 is 10.0 Å². The second-order valence-corrected chi connectivity index (χ2v) is 8.30. The predicted octanol–water partition coefficient (Wildman–Crippen LogP) is 3.42. The van der Waals surface area contributed by atoms with Gasteiger partial charge in [0.25, 0.3) is 15.9 Å². The monoisotopic (exact) mass is 383 g/mol. The van der Waals surface area contributed by atoms with Crippen molar-refractivity contribution in [1.82, 2.24) is 10.3 Å². The highest BCUT2D eigenvalue weighted by Crippen LogP contribution is 2.24. The van der Waals surface area contributed by atoms with Gasteiger partial charge in [-0.15, -0.1) is 0 Å². The number of carbonyl (C=O) groups excluding carboxylic acids is 1. The molecule has 0 aliphatic rings. The molecule has 6 nitrogen and oxygen atoms in total. The van der Waals surface area contributed by atoms with Gasteiger partial charge in [-0.2, -0.15) is 0 Å². The quantitative estimate of drug-likeness (QED) is 0.683. The molecule has 2 aromatic carbocycles. The molecule has 0 unspecified atom stereocenters. The molecule has 2 N–H and O–H groups in total. The molecule has 1 aromatic heterocycles. The Labute approximate surface area is 158 Å². The first kappa shape index (κ1) is 18.8. The number of para-hydroxylation sites is 1. The van der Waals surface area contributed by atoms with E-state index in [9.17, 15) is 13.2 Å². The Morgan fingerprint density at radius 1 is 1.04 bits per heavy atom. The largest absolute Gasteiger partial charge is 0.352 e. The van der Waals surface area contributed by atoms with E-state index in [-0.39, 0.29) is 10.8 Å². The molecule has 0 bridgehead atoms. The smallest absolute Gasteiger partial charge is 0.261 e. The normalized spacial score (nSPS) is 11.5. The molecule has 140 valence electrons. The van der Waals surface area contributed by atoms with Crippen LogP contribution in [-0.2, 0) is 10.0 Å². The molecule has 0 saturated carbocycles. The average Bonchev–Trinajstić information content (AvgIpc) is 2.66. The summed E-state index contributed by atoms with van der Waals surface area (Å²) in [5.74, 6) is 0.117. The van der Waals surface area contributed by atoms with Crippen LogP contribution in [0.1, 0.15) is 24.2 Å². The van der Waals surface area contributed by atoms with E-state index < -0.39 is 10.0 Å². The lowest BCUT2D eigenvalue weighted by Gasteiger charge is -2.11. The van der Waals surface area contributed by atoms with Gasteiger partial charge in [-0.1, -0.05) is 32.0 Å². The van der Waals surface area contributed by atoms with Crippen LogP contribution in [0.25, 0.3) is 10.9 Å². The van der Waals surface area contributed by atoms with E-state index >= 15 is 0 Å². The summed E-state index contributed by atoms with van der Waals surface area (Å²) in [6.07, 6.45) is 1.62. The third kappa shape index (κ3) is 4.43. The van der Waals surface area contributed by atoms with Gasteiger partial charge in [0.05, 0.1) is 16.1 Å². The number of amides is 1. The van der Waals surface area contributed by atoms with Crippen LogP contribution in [0.3, 0.4) is 0 Å². The van der Waals surface area contributed by atoms with Crippen molar-refractivity contribution >= 4 is 32.5 Å². The Bertz CT molecular complexity index is 1060. The first-order valence-corrected chi connectivity index (χ1v) is 10.1. The van der Waals surface area contributed by atoms with Gasteiger partial charge in [0.15, 0.2) is 0 Å². The summed E-state index contributed by atoms with van der Waals surface area (Å²) in [6.45, 7) is 4.57. The summed E-state index contributed by atoms with van der Waals surface area (Å²) in [5.41, 5.74) is 1.40. The lowest BCUT2D eigenvalue weighted by molar-refractivity contribution is 0.0949. The lowest BCUT2D eigenvalue weighted by Crippen LogP contribution is -2.27. The van der Waals surface area contributed by atoms with Crippen LogP contribution in [0.15, 0.2) is 65.7 Å². The number of hydrogen-bond acceptors (Lipinski definition) is 4. The molecule has 1 heterocycles. The fourth-order valence-corrected chi connectivity index (χ4v) is 3.64. The van der Waals surface area contributed by atoms with E-state index in [0.717, 1.165) is 5.39 Å². The summed E-state index contributed by atoms with van der Waals surface area (Å²) in [4.78, 5) is 16.4. The summed E-state index contributed by atoms with van der Waals surface area (Å²) < 4.78 is 28.0. The van der Waals surface area contributed by atoms with E-state index in [0.29, 0.717) is 29.2 Å². The second kappa shape index (κ2) is 7.75. The Kier molecular flexibility index (Phi) is 5.41. The van der Waals surface area contributed by atoms with Gasteiger partial charge in [-0.05, 0) is 42.3 Å². The van der Waals surface area contributed by atoms with Crippen molar-refractivity contribution in [2.24, 2.45) is 5.92 Å². The van der Waals surface area contributed by atoms with Crippen LogP contribution in [-0.4, -0.2) is 25.9 Å². The molecule has 0 spiro atoms. The highest BCUT2D eigenvalue weighted by Gasteiger charge is 2.17. The number of aromatic nitrogens is 1. The summed E-state index contributed by atoms with van der Waals surface area (Å²) in [6, 6.07) is 14.8. The SMILES string of the molecule is CC(C)CNC(=O)c1ccc(S(=O)(=O)Nc2cccc3cccnc23)cc1. The molecule has 3 aromatic rings. The molecule has 27 heavy (non-hydrogen) atoms. The van der Waals surface area contributed by atoms with Gasteiger partial charge < -0.3 is 5.32 Å². The highest BCUT2D eigenvalue weighted by molar-refractivity contribution is 7.92. The first-order chi connectivity index (χ1) is 12.9. The number of sulfonamides is 1. The van der Waals surface area contributed by atoms with Crippen LogP contribution in [0.5, 0.6) is 0 Å². The number of carbonyl (C=O) groups is 1. The molecule has 1 amide bonds. The van der Waals surface area contributed by atoms with E-state index in [1.807, 2.05) is 26.0 Å². The number of benzene rings is 2. The molecule has 0 atom stereocenters. The van der Waals surface area contributed by atoms with Crippen LogP contribution in [0, 0.1) is 5.92 Å². The average molecular weight is 383 g/mol. The zero-order valence-corrected chi connectivity index (χ0v) is 16.0. The molecule has 0 fully saturated rings. The van der Waals surface area contributed by atoms with E-state index in [2.05, 4.69) is 15.0 Å². The number of nitrogens with one attached hydrogen (secondary N) is 2. The molecule has 0 aliphatic carbocycles. The predicted molar refractivity (Wildman–Crippen MR) is 106 cm³/mol. The lowest BCUT2D eigenvalue weighted by atomic mass is 10.2. The minimum Gasteiger partial charge on any atom is -0.352 e. The highest BCUT2D eigenvalue weighted by atomic mass is 32.2. The summed E-state index contributed by atoms with van der Waals surface area (Å²) >= 11 is 0. The Morgan fingerprint density at radius 3 is 2.44 bits per heavy atom. The molecule has 0 aliphatic heterocycles. The zero-order chi connectivity index (χ0) is 19.4. The second-order valence-electron chi connectivity index (χ2n) is 6.61. The number of anilines is 1. The van der Waals surface area contributed by atoms with Crippen LogP contribution in [0.2, 0.25) is 0 Å². The molecule has 0 radical (unpaired) electrons. The molecular weight excluding hydrogens is 362 g/mol. The van der Waals surface area contributed by atoms with E-state index in [1.54, 1.807) is 24.4 Å². The molecule has 7 heteroatoms. The number of hydrogen-bond donors (Lipinski definition) is 2. The number of pyridine rings is 1. The van der Waals surface area contributed by atoms with Gasteiger partial charge in [0.1, 0.15) is 0 Å². The molecule has 3 rings (SSSR count). The maximum absolute atomic E-state index is 12.7. The topological polar surface area (TPSA) is 88.2 Å². The Balaban J connectivity index is 1.82. The first-order valence-electron chi connectivity index (χ1n) is 8.61. The maximum Gasteiger partial charge on any atom is 0.261 e. The number of nitrogens with zero attached hydrogens (tertiary/aromatic N) is 1. The van der Waals surface area contributed by atoms with E-state index in [4.69, 9.17) is 0 Å². The van der Waals surface area contributed by atoms with Crippen molar-refractivity contribution < 1.29 is 13.2 Å². The fourth-order valence-electron chi connectivity index (χ4n) is 2.57. The van der Waals surface area contributed by atoms with Crippen LogP contribution in [0.4, 0.5) is 5.69 Å². The summed E-state index contributed by atoms with van der Waals surface area (Å²) in [5, 5.41) is 3.65. The minimum atomic E-state index is -3.79. The van der Waals surface area contributed by atoms with Crippen molar-refractivity contribution in [3.63, 3.8) is 0 Å². The third-order valence-electron chi connectivity index (χ3n) is 3.97. The summed E-state index contributed by atoms with van der Waals surface area (Å²) in [7, 11) is -3.79.